The molecule has 0 aliphatic rings. The van der Waals surface area contributed by atoms with E-state index in [1.165, 1.54) is 19.2 Å². The molecule has 0 saturated heterocycles. The topological polar surface area (TPSA) is 68.0 Å². The predicted octanol–water partition coefficient (Wildman–Crippen LogP) is 1.28. The molecule has 5 heteroatoms. The second-order valence-electron chi connectivity index (χ2n) is 2.27. The Balaban J connectivity index is 2.93. The van der Waals surface area contributed by atoms with Crippen LogP contribution in [0.1, 0.15) is 6.92 Å². The number of nitrogens with two attached hydrogens (primary N) is 1. The second kappa shape index (κ2) is 3.40. The van der Waals surface area contributed by atoms with E-state index in [1.807, 2.05) is 0 Å². The minimum absolute atomic E-state index is 0.212. The first-order valence-electron chi connectivity index (χ1n) is 3.28. The van der Waals surface area contributed by atoms with E-state index >= 15 is 0 Å². The van der Waals surface area contributed by atoms with Gasteiger partial charge in [0.15, 0.2) is 5.82 Å². The number of nitrogens with zero attached hydrogens (tertiary/aromatic N) is 1. The van der Waals surface area contributed by atoms with Gasteiger partial charge in [-0.1, -0.05) is 11.6 Å². The Labute approximate surface area is 74.7 Å². The van der Waals surface area contributed by atoms with Crippen LogP contribution in [-0.4, -0.2) is 10.9 Å². The number of nitrogen functional groups attached to an aromatic ring is 1. The van der Waals surface area contributed by atoms with Gasteiger partial charge in [-0.05, 0) is 6.07 Å². The summed E-state index contributed by atoms with van der Waals surface area (Å²) in [5.74, 6) is 0.128. The van der Waals surface area contributed by atoms with E-state index in [4.69, 9.17) is 17.3 Å². The van der Waals surface area contributed by atoms with Crippen LogP contribution in [0.5, 0.6) is 0 Å². The Morgan fingerprint density at radius 1 is 1.75 bits per heavy atom. The normalized spacial score (nSPS) is 9.50. The number of hydrogen-bond donors (Lipinski definition) is 2. The summed E-state index contributed by atoms with van der Waals surface area (Å²) in [5.41, 5.74) is 5.87. The third kappa shape index (κ3) is 2.10. The summed E-state index contributed by atoms with van der Waals surface area (Å²) in [6, 6.07) is 1.53. The number of amides is 1. The molecule has 0 unspecified atom stereocenters. The molecule has 1 aromatic heterocycles. The second-order valence-corrected chi connectivity index (χ2v) is 2.71. The van der Waals surface area contributed by atoms with Crippen LogP contribution in [0.25, 0.3) is 0 Å². The molecule has 12 heavy (non-hydrogen) atoms. The number of rotatable bonds is 1. The molecule has 1 amide bonds. The zero-order valence-electron chi connectivity index (χ0n) is 6.47. The highest BCUT2D eigenvalue weighted by Crippen LogP contribution is 2.18. The van der Waals surface area contributed by atoms with Crippen molar-refractivity contribution in [2.45, 2.75) is 6.92 Å². The molecule has 0 atom stereocenters. The van der Waals surface area contributed by atoms with Gasteiger partial charge in [-0.2, -0.15) is 0 Å². The molecule has 1 heterocycles. The van der Waals surface area contributed by atoms with E-state index in [-0.39, 0.29) is 5.91 Å². The van der Waals surface area contributed by atoms with Gasteiger partial charge in [0.2, 0.25) is 5.91 Å². The number of anilines is 2. The van der Waals surface area contributed by atoms with E-state index in [9.17, 15) is 4.79 Å². The highest BCUT2D eigenvalue weighted by Gasteiger charge is 2.02. The van der Waals surface area contributed by atoms with Crippen molar-refractivity contribution in [3.63, 3.8) is 0 Å². The van der Waals surface area contributed by atoms with Crippen LogP contribution in [0.15, 0.2) is 12.3 Å². The van der Waals surface area contributed by atoms with Crippen molar-refractivity contribution in [3.8, 4) is 0 Å². The summed E-state index contributed by atoms with van der Waals surface area (Å²) in [4.78, 5) is 14.4. The van der Waals surface area contributed by atoms with E-state index in [1.54, 1.807) is 0 Å². The summed E-state index contributed by atoms with van der Waals surface area (Å²) < 4.78 is 0. The summed E-state index contributed by atoms with van der Waals surface area (Å²) in [5, 5.41) is 2.91. The lowest BCUT2D eigenvalue weighted by atomic mass is 10.4. The van der Waals surface area contributed by atoms with Crippen molar-refractivity contribution in [1.82, 2.24) is 4.98 Å². The average Bonchev–Trinajstić information content (AvgIpc) is 1.94. The minimum atomic E-state index is -0.212. The van der Waals surface area contributed by atoms with Crippen LogP contribution in [0.3, 0.4) is 0 Å². The molecule has 3 N–H and O–H groups in total. The lowest BCUT2D eigenvalue weighted by molar-refractivity contribution is -0.114. The van der Waals surface area contributed by atoms with E-state index in [2.05, 4.69) is 10.3 Å². The summed E-state index contributed by atoms with van der Waals surface area (Å²) >= 11 is 5.60. The smallest absolute Gasteiger partial charge is 0.222 e. The number of hydrogen-bond acceptors (Lipinski definition) is 3. The zero-order valence-corrected chi connectivity index (χ0v) is 7.22. The van der Waals surface area contributed by atoms with Crippen LogP contribution in [0, 0.1) is 0 Å². The van der Waals surface area contributed by atoms with Crippen molar-refractivity contribution in [2.75, 3.05) is 11.1 Å². The van der Waals surface area contributed by atoms with Crippen LogP contribution >= 0.6 is 11.6 Å². The quantitative estimate of drug-likeness (QED) is 0.693. The van der Waals surface area contributed by atoms with Crippen molar-refractivity contribution < 1.29 is 4.79 Å². The number of pyridine rings is 1. The Bertz CT molecular complexity index is 314. The molecule has 0 radical (unpaired) electrons. The average molecular weight is 186 g/mol. The maximum atomic E-state index is 10.6. The molecule has 0 saturated carbocycles. The Kier molecular flexibility index (Phi) is 2.50. The lowest BCUT2D eigenvalue weighted by Crippen LogP contribution is -2.09. The Hall–Kier alpha value is -1.29. The van der Waals surface area contributed by atoms with Crippen molar-refractivity contribution in [1.29, 1.82) is 0 Å². The SMILES string of the molecule is CC(=O)Nc1ncc(Cl)cc1N. The first kappa shape index (κ1) is 8.80. The number of carbonyl (C=O) groups is 1. The highest BCUT2D eigenvalue weighted by atomic mass is 35.5. The van der Waals surface area contributed by atoms with Gasteiger partial charge in [-0.25, -0.2) is 4.98 Å². The zero-order chi connectivity index (χ0) is 9.14. The monoisotopic (exact) mass is 185 g/mol. The maximum Gasteiger partial charge on any atom is 0.222 e. The van der Waals surface area contributed by atoms with Crippen LogP contribution in [0.2, 0.25) is 5.02 Å². The Morgan fingerprint density at radius 2 is 2.42 bits per heavy atom. The van der Waals surface area contributed by atoms with Crippen molar-refractivity contribution in [3.05, 3.63) is 17.3 Å². The molecule has 0 spiro atoms. The maximum absolute atomic E-state index is 10.6. The predicted molar refractivity (Wildman–Crippen MR) is 48.0 cm³/mol. The fraction of sp³-hybridized carbons (Fsp3) is 0.143. The van der Waals surface area contributed by atoms with Gasteiger partial charge in [-0.3, -0.25) is 4.79 Å². The van der Waals surface area contributed by atoms with Crippen molar-refractivity contribution in [2.24, 2.45) is 0 Å². The molecule has 0 aromatic carbocycles. The lowest BCUT2D eigenvalue weighted by Gasteiger charge is -2.03. The summed E-state index contributed by atoms with van der Waals surface area (Å²) in [6.45, 7) is 1.38. The van der Waals surface area contributed by atoms with E-state index < -0.39 is 0 Å². The first-order chi connectivity index (χ1) is 5.59. The molecule has 4 nitrogen and oxygen atoms in total. The third-order valence-electron chi connectivity index (χ3n) is 1.18. The van der Waals surface area contributed by atoms with Gasteiger partial charge < -0.3 is 11.1 Å². The number of halogens is 1. The van der Waals surface area contributed by atoms with E-state index in [0.717, 1.165) is 0 Å². The van der Waals surface area contributed by atoms with Crippen molar-refractivity contribution >= 4 is 29.0 Å². The minimum Gasteiger partial charge on any atom is -0.396 e. The highest BCUT2D eigenvalue weighted by molar-refractivity contribution is 6.30. The fourth-order valence-electron chi connectivity index (χ4n) is 0.726. The van der Waals surface area contributed by atoms with Crippen LogP contribution < -0.4 is 11.1 Å². The van der Waals surface area contributed by atoms with E-state index in [0.29, 0.717) is 16.5 Å². The third-order valence-corrected chi connectivity index (χ3v) is 1.38. The van der Waals surface area contributed by atoms with Gasteiger partial charge in [0.25, 0.3) is 0 Å². The van der Waals surface area contributed by atoms with Gasteiger partial charge in [0, 0.05) is 13.1 Å². The number of nitrogens with one attached hydrogen (secondary N) is 1. The molecule has 0 fully saturated rings. The van der Waals surface area contributed by atoms with Gasteiger partial charge in [0.1, 0.15) is 0 Å². The summed E-state index contributed by atoms with van der Waals surface area (Å²) in [7, 11) is 0. The fourth-order valence-corrected chi connectivity index (χ4v) is 0.892. The number of aromatic nitrogens is 1. The van der Waals surface area contributed by atoms with Gasteiger partial charge in [-0.15, -0.1) is 0 Å². The number of carbonyl (C=O) groups excluding carboxylic acids is 1. The molecule has 0 aliphatic heterocycles. The first-order valence-corrected chi connectivity index (χ1v) is 3.66. The van der Waals surface area contributed by atoms with Gasteiger partial charge in [0.05, 0.1) is 10.7 Å². The molecule has 64 valence electrons. The molecule has 1 aromatic rings. The van der Waals surface area contributed by atoms with Crippen LogP contribution in [-0.2, 0) is 4.79 Å². The molecule has 0 bridgehead atoms. The Morgan fingerprint density at radius 3 is 2.92 bits per heavy atom. The van der Waals surface area contributed by atoms with Gasteiger partial charge >= 0.3 is 0 Å². The molecular weight excluding hydrogens is 178 g/mol. The molecule has 1 rings (SSSR count). The summed E-state index contributed by atoms with van der Waals surface area (Å²) in [6.07, 6.45) is 1.42. The molecule has 0 aliphatic carbocycles. The standard InChI is InChI=1S/C7H8ClN3O/c1-4(12)11-7-6(9)2-5(8)3-10-7/h2-3H,9H2,1H3,(H,10,11,12). The van der Waals surface area contributed by atoms with Crippen LogP contribution in [0.4, 0.5) is 11.5 Å². The largest absolute Gasteiger partial charge is 0.396 e. The molecular formula is C7H8ClN3O.